The van der Waals surface area contributed by atoms with Crippen molar-refractivity contribution in [3.63, 3.8) is 0 Å². The van der Waals surface area contributed by atoms with Gasteiger partial charge in [-0.15, -0.1) is 0 Å². The Kier molecular flexibility index (Phi) is 4.84. The van der Waals surface area contributed by atoms with Gasteiger partial charge in [-0.3, -0.25) is 10.1 Å². The van der Waals surface area contributed by atoms with Crippen LogP contribution in [0, 0.1) is 15.9 Å². The van der Waals surface area contributed by atoms with Gasteiger partial charge in [0.25, 0.3) is 0 Å². The molecule has 0 saturated heterocycles. The largest absolute Gasteiger partial charge is 0.450 e. The van der Waals surface area contributed by atoms with Crippen LogP contribution in [0.4, 0.5) is 10.1 Å². The number of nitrogens with zero attached hydrogens (tertiary/aromatic N) is 1. The van der Waals surface area contributed by atoms with Gasteiger partial charge in [-0.05, 0) is 30.8 Å². The Labute approximate surface area is 121 Å². The van der Waals surface area contributed by atoms with Crippen LogP contribution in [0.5, 0.6) is 11.5 Å². The molecule has 1 N–H and O–H groups in total. The topological polar surface area (TPSA) is 64.4 Å². The molecule has 0 aliphatic heterocycles. The van der Waals surface area contributed by atoms with Gasteiger partial charge in [-0.2, -0.15) is 0 Å². The first kappa shape index (κ1) is 14.9. The lowest BCUT2D eigenvalue weighted by Gasteiger charge is -2.11. The van der Waals surface area contributed by atoms with Crippen LogP contribution in [0.3, 0.4) is 0 Å². The molecular formula is C15H15FN2O3. The Balaban J connectivity index is 2.33. The highest BCUT2D eigenvalue weighted by Crippen LogP contribution is 2.32. The van der Waals surface area contributed by atoms with E-state index in [2.05, 4.69) is 5.32 Å². The molecule has 0 saturated carbocycles. The highest BCUT2D eigenvalue weighted by atomic mass is 19.1. The van der Waals surface area contributed by atoms with Gasteiger partial charge < -0.3 is 10.1 Å². The van der Waals surface area contributed by atoms with E-state index in [0.29, 0.717) is 17.9 Å². The maximum atomic E-state index is 13.3. The first-order chi connectivity index (χ1) is 10.1. The fourth-order valence-corrected chi connectivity index (χ4v) is 1.86. The van der Waals surface area contributed by atoms with Crippen molar-refractivity contribution in [2.45, 2.75) is 13.5 Å². The lowest BCUT2D eigenvalue weighted by Crippen LogP contribution is -2.12. The van der Waals surface area contributed by atoms with Crippen molar-refractivity contribution >= 4 is 5.69 Å². The molecule has 2 rings (SSSR count). The van der Waals surface area contributed by atoms with E-state index in [-0.39, 0.29) is 17.3 Å². The van der Waals surface area contributed by atoms with Crippen LogP contribution in [0.2, 0.25) is 0 Å². The summed E-state index contributed by atoms with van der Waals surface area (Å²) in [5.41, 5.74) is 0.478. The monoisotopic (exact) mass is 290 g/mol. The number of ether oxygens (including phenoxy) is 1. The standard InChI is InChI=1S/C15H15FN2O3/c1-2-17-10-11-9-12(16)7-8-14(11)21-15-6-4-3-5-13(15)18(19)20/h3-9,17H,2,10H2,1H3. The Morgan fingerprint density at radius 2 is 2.00 bits per heavy atom. The van der Waals surface area contributed by atoms with Crippen LogP contribution in [0.15, 0.2) is 42.5 Å². The second-order valence-electron chi connectivity index (χ2n) is 4.36. The molecule has 0 fully saturated rings. The first-order valence-corrected chi connectivity index (χ1v) is 6.52. The van der Waals surface area contributed by atoms with E-state index in [0.717, 1.165) is 6.54 Å². The third kappa shape index (κ3) is 3.76. The zero-order chi connectivity index (χ0) is 15.2. The van der Waals surface area contributed by atoms with Crippen LogP contribution < -0.4 is 10.1 Å². The third-order valence-electron chi connectivity index (χ3n) is 2.87. The Hall–Kier alpha value is -2.47. The number of benzene rings is 2. The zero-order valence-electron chi connectivity index (χ0n) is 11.5. The minimum absolute atomic E-state index is 0.128. The zero-order valence-corrected chi connectivity index (χ0v) is 11.5. The fraction of sp³-hybridized carbons (Fsp3) is 0.200. The van der Waals surface area contributed by atoms with Crippen molar-refractivity contribution in [2.24, 2.45) is 0 Å². The normalized spacial score (nSPS) is 10.4. The molecule has 0 bridgehead atoms. The SMILES string of the molecule is CCNCc1cc(F)ccc1Oc1ccccc1[N+](=O)[O-]. The summed E-state index contributed by atoms with van der Waals surface area (Å²) in [6.45, 7) is 3.08. The molecule has 0 aliphatic carbocycles. The Morgan fingerprint density at radius 1 is 1.24 bits per heavy atom. The van der Waals surface area contributed by atoms with E-state index in [1.807, 2.05) is 6.92 Å². The number of halogens is 1. The van der Waals surface area contributed by atoms with E-state index < -0.39 is 4.92 Å². The first-order valence-electron chi connectivity index (χ1n) is 6.52. The molecule has 0 unspecified atom stereocenters. The van der Waals surface area contributed by atoms with Gasteiger partial charge >= 0.3 is 5.69 Å². The summed E-state index contributed by atoms with van der Waals surface area (Å²) in [7, 11) is 0. The predicted octanol–water partition coefficient (Wildman–Crippen LogP) is 3.64. The van der Waals surface area contributed by atoms with E-state index >= 15 is 0 Å². The van der Waals surface area contributed by atoms with Gasteiger partial charge in [0.15, 0.2) is 0 Å². The van der Waals surface area contributed by atoms with Gasteiger partial charge in [0.2, 0.25) is 5.75 Å². The van der Waals surface area contributed by atoms with Crippen LogP contribution in [-0.2, 0) is 6.54 Å². The van der Waals surface area contributed by atoms with Gasteiger partial charge in [0.1, 0.15) is 11.6 Å². The fourth-order valence-electron chi connectivity index (χ4n) is 1.86. The second kappa shape index (κ2) is 6.81. The van der Waals surface area contributed by atoms with Crippen LogP contribution in [0.1, 0.15) is 12.5 Å². The van der Waals surface area contributed by atoms with Gasteiger partial charge in [-0.25, -0.2) is 4.39 Å². The molecule has 0 atom stereocenters. The molecule has 110 valence electrons. The van der Waals surface area contributed by atoms with Crippen molar-refractivity contribution in [1.29, 1.82) is 0 Å². The van der Waals surface area contributed by atoms with Gasteiger partial charge in [0, 0.05) is 18.2 Å². The molecule has 2 aromatic carbocycles. The summed E-state index contributed by atoms with van der Waals surface area (Å²) in [5, 5.41) is 14.1. The average Bonchev–Trinajstić information content (AvgIpc) is 2.47. The van der Waals surface area contributed by atoms with E-state index in [4.69, 9.17) is 4.74 Å². The summed E-state index contributed by atoms with van der Waals surface area (Å²) in [6.07, 6.45) is 0. The van der Waals surface area contributed by atoms with Gasteiger partial charge in [-0.1, -0.05) is 19.1 Å². The molecule has 0 aromatic heterocycles. The maximum Gasteiger partial charge on any atom is 0.311 e. The number of rotatable bonds is 6. The van der Waals surface area contributed by atoms with Crippen molar-refractivity contribution in [2.75, 3.05) is 6.54 Å². The Bertz CT molecular complexity index is 647. The number of nitro groups is 1. The van der Waals surface area contributed by atoms with E-state index in [1.165, 1.54) is 30.3 Å². The molecule has 0 heterocycles. The number of hydrogen-bond donors (Lipinski definition) is 1. The predicted molar refractivity (Wildman–Crippen MR) is 77.0 cm³/mol. The van der Waals surface area contributed by atoms with Crippen LogP contribution in [0.25, 0.3) is 0 Å². The van der Waals surface area contributed by atoms with Crippen molar-refractivity contribution in [3.05, 3.63) is 64.0 Å². The summed E-state index contributed by atoms with van der Waals surface area (Å²) in [6, 6.07) is 10.2. The van der Waals surface area contributed by atoms with E-state index in [1.54, 1.807) is 12.1 Å². The van der Waals surface area contributed by atoms with Crippen LogP contribution in [-0.4, -0.2) is 11.5 Å². The number of nitrogens with one attached hydrogen (secondary N) is 1. The molecule has 0 radical (unpaired) electrons. The number of para-hydroxylation sites is 2. The minimum atomic E-state index is -0.511. The molecule has 0 aliphatic rings. The summed E-state index contributed by atoms with van der Waals surface area (Å²) < 4.78 is 18.9. The quantitative estimate of drug-likeness (QED) is 0.651. The highest BCUT2D eigenvalue weighted by Gasteiger charge is 2.16. The lowest BCUT2D eigenvalue weighted by molar-refractivity contribution is -0.385. The number of nitro benzene ring substituents is 1. The van der Waals surface area contributed by atoms with Crippen molar-refractivity contribution < 1.29 is 14.1 Å². The smallest absolute Gasteiger partial charge is 0.311 e. The summed E-state index contributed by atoms with van der Waals surface area (Å²) in [4.78, 5) is 10.5. The Morgan fingerprint density at radius 3 is 2.71 bits per heavy atom. The molecule has 2 aromatic rings. The lowest BCUT2D eigenvalue weighted by atomic mass is 10.2. The number of hydrogen-bond acceptors (Lipinski definition) is 4. The molecular weight excluding hydrogens is 275 g/mol. The average molecular weight is 290 g/mol. The summed E-state index contributed by atoms with van der Waals surface area (Å²) >= 11 is 0. The van der Waals surface area contributed by atoms with Crippen LogP contribution >= 0.6 is 0 Å². The van der Waals surface area contributed by atoms with E-state index in [9.17, 15) is 14.5 Å². The highest BCUT2D eigenvalue weighted by molar-refractivity contribution is 5.49. The third-order valence-corrected chi connectivity index (χ3v) is 2.87. The molecule has 6 heteroatoms. The molecule has 0 amide bonds. The van der Waals surface area contributed by atoms with Crippen molar-refractivity contribution in [1.82, 2.24) is 5.32 Å². The molecule has 21 heavy (non-hydrogen) atoms. The minimum Gasteiger partial charge on any atom is -0.450 e. The molecule has 5 nitrogen and oxygen atoms in total. The molecule has 0 spiro atoms. The summed E-state index contributed by atoms with van der Waals surface area (Å²) in [5.74, 6) is 0.149. The van der Waals surface area contributed by atoms with Gasteiger partial charge in [0.05, 0.1) is 4.92 Å². The maximum absolute atomic E-state index is 13.3. The second-order valence-corrected chi connectivity index (χ2v) is 4.36. The van der Waals surface area contributed by atoms with Crippen molar-refractivity contribution in [3.8, 4) is 11.5 Å².